The number of amides is 2. The third kappa shape index (κ3) is 4.09. The summed E-state index contributed by atoms with van der Waals surface area (Å²) in [5.74, 6) is -0.215. The van der Waals surface area contributed by atoms with E-state index in [0.717, 1.165) is 12.8 Å². The zero-order valence-electron chi connectivity index (χ0n) is 14.1. The summed E-state index contributed by atoms with van der Waals surface area (Å²) < 4.78 is 5.07. The summed E-state index contributed by atoms with van der Waals surface area (Å²) in [5, 5.41) is 12.4. The van der Waals surface area contributed by atoms with Crippen molar-refractivity contribution >= 4 is 17.5 Å². The number of nitrogens with one attached hydrogen (secondary N) is 1. The maximum absolute atomic E-state index is 12.8. The lowest BCUT2D eigenvalue weighted by Gasteiger charge is -2.26. The number of hydrogen-bond donors (Lipinski definition) is 2. The van der Waals surface area contributed by atoms with E-state index in [0.29, 0.717) is 24.2 Å². The lowest BCUT2D eigenvalue weighted by molar-refractivity contribution is 0.0681. The van der Waals surface area contributed by atoms with E-state index in [-0.39, 0.29) is 23.6 Å². The molecule has 0 radical (unpaired) electrons. The van der Waals surface area contributed by atoms with E-state index in [1.807, 2.05) is 4.90 Å². The second kappa shape index (κ2) is 7.53. The Bertz CT molecular complexity index is 740. The van der Waals surface area contributed by atoms with Crippen LogP contribution >= 0.6 is 0 Å². The number of nitrogens with zero attached hydrogens (tertiary/aromatic N) is 1. The molecular formula is C19H22N2O4. The molecule has 0 aliphatic carbocycles. The van der Waals surface area contributed by atoms with Crippen LogP contribution in [0, 0.1) is 0 Å². The van der Waals surface area contributed by atoms with Crippen LogP contribution in [0.5, 0.6) is 0 Å². The quantitative estimate of drug-likeness (QED) is 0.875. The van der Waals surface area contributed by atoms with Crippen LogP contribution in [0.15, 0.2) is 47.1 Å². The standard InChI is InChI=1S/C19H22N2O4/c1-13(22)11-16-7-3-9-21(16)19(24)14-5-2-6-15(12-14)20-18(23)17-8-4-10-25-17/h2,4-6,8,10,12-13,16,22H,3,7,9,11H2,1H3,(H,20,23). The molecule has 132 valence electrons. The molecule has 2 amide bonds. The number of anilines is 1. The van der Waals surface area contributed by atoms with Crippen LogP contribution in [0.3, 0.4) is 0 Å². The predicted molar refractivity (Wildman–Crippen MR) is 93.5 cm³/mol. The summed E-state index contributed by atoms with van der Waals surface area (Å²) >= 11 is 0. The van der Waals surface area contributed by atoms with Crippen molar-refractivity contribution < 1.29 is 19.1 Å². The summed E-state index contributed by atoms with van der Waals surface area (Å²) in [5.41, 5.74) is 1.06. The minimum Gasteiger partial charge on any atom is -0.459 e. The number of furan rings is 1. The van der Waals surface area contributed by atoms with Gasteiger partial charge in [-0.05, 0) is 56.5 Å². The van der Waals surface area contributed by atoms with Crippen LogP contribution in [-0.4, -0.2) is 40.5 Å². The Kier molecular flexibility index (Phi) is 5.19. The Labute approximate surface area is 146 Å². The Morgan fingerprint density at radius 3 is 2.92 bits per heavy atom. The molecule has 0 saturated carbocycles. The highest BCUT2D eigenvalue weighted by Gasteiger charge is 2.30. The van der Waals surface area contributed by atoms with E-state index in [4.69, 9.17) is 4.42 Å². The van der Waals surface area contributed by atoms with Gasteiger partial charge in [0.1, 0.15) is 0 Å². The fraction of sp³-hybridized carbons (Fsp3) is 0.368. The molecule has 2 unspecified atom stereocenters. The third-order valence-corrected chi connectivity index (χ3v) is 4.36. The van der Waals surface area contributed by atoms with Gasteiger partial charge in [-0.15, -0.1) is 0 Å². The molecule has 1 aliphatic rings. The average Bonchev–Trinajstić information content (AvgIpc) is 3.25. The summed E-state index contributed by atoms with van der Waals surface area (Å²) in [7, 11) is 0. The van der Waals surface area contributed by atoms with Gasteiger partial charge in [0.2, 0.25) is 0 Å². The zero-order chi connectivity index (χ0) is 17.8. The largest absolute Gasteiger partial charge is 0.459 e. The fourth-order valence-electron chi connectivity index (χ4n) is 3.24. The SMILES string of the molecule is CC(O)CC1CCCN1C(=O)c1cccc(NC(=O)c2ccco2)c1. The van der Waals surface area contributed by atoms with Gasteiger partial charge in [0, 0.05) is 23.8 Å². The highest BCUT2D eigenvalue weighted by molar-refractivity contribution is 6.03. The number of carbonyl (C=O) groups excluding carboxylic acids is 2. The van der Waals surface area contributed by atoms with Crippen molar-refractivity contribution in [2.24, 2.45) is 0 Å². The molecule has 1 aromatic carbocycles. The molecule has 1 saturated heterocycles. The van der Waals surface area contributed by atoms with E-state index in [9.17, 15) is 14.7 Å². The molecule has 2 N–H and O–H groups in total. The maximum atomic E-state index is 12.8. The van der Waals surface area contributed by atoms with E-state index in [1.165, 1.54) is 6.26 Å². The number of aliphatic hydroxyl groups is 1. The van der Waals surface area contributed by atoms with Gasteiger partial charge >= 0.3 is 0 Å². The number of benzene rings is 1. The lowest BCUT2D eigenvalue weighted by Crippen LogP contribution is -2.37. The minimum atomic E-state index is -0.433. The number of carbonyl (C=O) groups is 2. The number of likely N-dealkylation sites (tertiary alicyclic amines) is 1. The molecular weight excluding hydrogens is 320 g/mol. The monoisotopic (exact) mass is 342 g/mol. The fourth-order valence-corrected chi connectivity index (χ4v) is 3.24. The zero-order valence-corrected chi connectivity index (χ0v) is 14.1. The molecule has 3 rings (SSSR count). The first-order chi connectivity index (χ1) is 12.0. The van der Waals surface area contributed by atoms with Crippen molar-refractivity contribution in [2.45, 2.75) is 38.3 Å². The van der Waals surface area contributed by atoms with Gasteiger partial charge in [-0.1, -0.05) is 6.07 Å². The van der Waals surface area contributed by atoms with E-state index in [2.05, 4.69) is 5.32 Å². The summed E-state index contributed by atoms with van der Waals surface area (Å²) in [6, 6.07) is 10.2. The van der Waals surface area contributed by atoms with E-state index < -0.39 is 6.10 Å². The van der Waals surface area contributed by atoms with Crippen molar-refractivity contribution in [1.82, 2.24) is 4.90 Å². The van der Waals surface area contributed by atoms with Crippen LogP contribution in [-0.2, 0) is 0 Å². The minimum absolute atomic E-state index is 0.0638. The second-order valence-corrected chi connectivity index (χ2v) is 6.39. The Morgan fingerprint density at radius 1 is 1.36 bits per heavy atom. The number of rotatable bonds is 5. The van der Waals surface area contributed by atoms with Crippen LogP contribution in [0.2, 0.25) is 0 Å². The van der Waals surface area contributed by atoms with Gasteiger partial charge in [0.05, 0.1) is 12.4 Å². The molecule has 6 nitrogen and oxygen atoms in total. The Balaban J connectivity index is 1.72. The van der Waals surface area contributed by atoms with Crippen molar-refractivity contribution in [2.75, 3.05) is 11.9 Å². The van der Waals surface area contributed by atoms with Crippen LogP contribution in [0.4, 0.5) is 5.69 Å². The van der Waals surface area contributed by atoms with Gasteiger partial charge in [0.25, 0.3) is 11.8 Å². The molecule has 25 heavy (non-hydrogen) atoms. The van der Waals surface area contributed by atoms with E-state index >= 15 is 0 Å². The first kappa shape index (κ1) is 17.2. The van der Waals surface area contributed by atoms with Crippen LogP contribution in [0.25, 0.3) is 0 Å². The topological polar surface area (TPSA) is 82.8 Å². The third-order valence-electron chi connectivity index (χ3n) is 4.36. The average molecular weight is 342 g/mol. The normalized spacial score (nSPS) is 18.2. The second-order valence-electron chi connectivity index (χ2n) is 6.39. The predicted octanol–water partition coefficient (Wildman–Crippen LogP) is 2.91. The van der Waals surface area contributed by atoms with Crippen LogP contribution in [0.1, 0.15) is 47.1 Å². The highest BCUT2D eigenvalue weighted by Crippen LogP contribution is 2.24. The Hall–Kier alpha value is -2.60. The van der Waals surface area contributed by atoms with Crippen LogP contribution < -0.4 is 5.32 Å². The first-order valence-corrected chi connectivity index (χ1v) is 8.48. The summed E-state index contributed by atoms with van der Waals surface area (Å²) in [6.45, 7) is 2.44. The van der Waals surface area contributed by atoms with Gasteiger partial charge < -0.3 is 19.7 Å². The first-order valence-electron chi connectivity index (χ1n) is 8.48. The van der Waals surface area contributed by atoms with E-state index in [1.54, 1.807) is 43.3 Å². The smallest absolute Gasteiger partial charge is 0.291 e. The molecule has 2 atom stereocenters. The molecule has 0 bridgehead atoms. The van der Waals surface area contributed by atoms with Gasteiger partial charge in [-0.25, -0.2) is 0 Å². The van der Waals surface area contributed by atoms with Crippen molar-refractivity contribution in [3.8, 4) is 0 Å². The van der Waals surface area contributed by atoms with Crippen molar-refractivity contribution in [3.05, 3.63) is 54.0 Å². The molecule has 6 heteroatoms. The number of hydrogen-bond acceptors (Lipinski definition) is 4. The molecule has 2 aromatic rings. The molecule has 1 aromatic heterocycles. The molecule has 2 heterocycles. The van der Waals surface area contributed by atoms with Gasteiger partial charge in [0.15, 0.2) is 5.76 Å². The highest BCUT2D eigenvalue weighted by atomic mass is 16.3. The van der Waals surface area contributed by atoms with Gasteiger partial charge in [-0.3, -0.25) is 9.59 Å². The molecule has 1 aliphatic heterocycles. The maximum Gasteiger partial charge on any atom is 0.291 e. The lowest BCUT2D eigenvalue weighted by atomic mass is 10.1. The van der Waals surface area contributed by atoms with Gasteiger partial charge in [-0.2, -0.15) is 0 Å². The van der Waals surface area contributed by atoms with Crippen molar-refractivity contribution in [1.29, 1.82) is 0 Å². The molecule has 1 fully saturated rings. The Morgan fingerprint density at radius 2 is 2.20 bits per heavy atom. The summed E-state index contributed by atoms with van der Waals surface area (Å²) in [6.07, 6.45) is 3.44. The number of aliphatic hydroxyl groups excluding tert-OH is 1. The molecule has 0 spiro atoms. The summed E-state index contributed by atoms with van der Waals surface area (Å²) in [4.78, 5) is 26.7. The van der Waals surface area contributed by atoms with Crippen molar-refractivity contribution in [3.63, 3.8) is 0 Å².